The molecule has 1 heterocycles. The van der Waals surface area contributed by atoms with Crippen LogP contribution in [0, 0.1) is 19.8 Å². The lowest BCUT2D eigenvalue weighted by atomic mass is 10.2. The zero-order valence-electron chi connectivity index (χ0n) is 15.8. The third-order valence-corrected chi connectivity index (χ3v) is 6.09. The first-order valence-corrected chi connectivity index (χ1v) is 10.3. The molecule has 0 aliphatic heterocycles. The minimum atomic E-state index is -3.97. The number of aromatic nitrogens is 1. The van der Waals surface area contributed by atoms with E-state index in [0.717, 1.165) is 12.8 Å². The molecule has 1 aliphatic carbocycles. The summed E-state index contributed by atoms with van der Waals surface area (Å²) in [5.74, 6) is -0.362. The van der Waals surface area contributed by atoms with Crippen molar-refractivity contribution in [2.24, 2.45) is 5.92 Å². The van der Waals surface area contributed by atoms with E-state index in [1.54, 1.807) is 24.3 Å². The van der Waals surface area contributed by atoms with Crippen molar-refractivity contribution in [3.05, 3.63) is 35.7 Å². The van der Waals surface area contributed by atoms with Gasteiger partial charge in [-0.05, 0) is 51.8 Å². The molecule has 2 amide bonds. The average Bonchev–Trinajstić information content (AvgIpc) is 3.39. The van der Waals surface area contributed by atoms with Crippen LogP contribution >= 0.6 is 0 Å². The number of hydrogen-bond acceptors (Lipinski definition) is 6. The highest BCUT2D eigenvalue weighted by atomic mass is 32.2. The first-order valence-electron chi connectivity index (χ1n) is 8.84. The lowest BCUT2D eigenvalue weighted by Crippen LogP contribution is -2.41. The minimum Gasteiger partial charge on any atom is -0.360 e. The van der Waals surface area contributed by atoms with Crippen LogP contribution < -0.4 is 15.4 Å². The number of carbonyl (C=O) groups excluding carboxylic acids is 2. The zero-order chi connectivity index (χ0) is 20.5. The molecule has 0 radical (unpaired) electrons. The van der Waals surface area contributed by atoms with Crippen LogP contribution in [-0.4, -0.2) is 31.4 Å². The first kappa shape index (κ1) is 20.0. The van der Waals surface area contributed by atoms with Crippen LogP contribution in [0.5, 0.6) is 0 Å². The van der Waals surface area contributed by atoms with Crippen molar-refractivity contribution in [2.75, 3.05) is 10.6 Å². The van der Waals surface area contributed by atoms with Crippen molar-refractivity contribution < 1.29 is 22.5 Å². The SMILES string of the molecule is Cc1noc(C)c1S(=O)(=O)N[C@@H](C)C(=O)Nc1cccc(NC(=O)C2CC2)c1. The minimum absolute atomic E-state index is 0.0379. The topological polar surface area (TPSA) is 130 Å². The molecule has 3 N–H and O–H groups in total. The summed E-state index contributed by atoms with van der Waals surface area (Å²) >= 11 is 0. The predicted octanol–water partition coefficient (Wildman–Crippen LogP) is 1.95. The van der Waals surface area contributed by atoms with Gasteiger partial charge in [-0.25, -0.2) is 8.42 Å². The molecule has 10 heteroatoms. The molecule has 0 unspecified atom stereocenters. The number of sulfonamides is 1. The third kappa shape index (κ3) is 4.57. The Morgan fingerprint density at radius 3 is 2.39 bits per heavy atom. The maximum Gasteiger partial charge on any atom is 0.246 e. The summed E-state index contributed by atoms with van der Waals surface area (Å²) in [6, 6.07) is 5.65. The van der Waals surface area contributed by atoms with Crippen molar-refractivity contribution in [1.29, 1.82) is 0 Å². The molecule has 1 aromatic carbocycles. The van der Waals surface area contributed by atoms with Crippen molar-refractivity contribution in [2.45, 2.75) is 44.6 Å². The summed E-state index contributed by atoms with van der Waals surface area (Å²) in [5, 5.41) is 9.06. The van der Waals surface area contributed by atoms with E-state index in [1.165, 1.54) is 20.8 Å². The molecule has 0 spiro atoms. The van der Waals surface area contributed by atoms with Crippen molar-refractivity contribution in [3.63, 3.8) is 0 Å². The summed E-state index contributed by atoms with van der Waals surface area (Å²) in [6.07, 6.45) is 1.79. The van der Waals surface area contributed by atoms with Gasteiger partial charge in [-0.2, -0.15) is 4.72 Å². The Balaban J connectivity index is 1.65. The van der Waals surface area contributed by atoms with Gasteiger partial charge in [0.15, 0.2) is 5.76 Å². The van der Waals surface area contributed by atoms with Crippen molar-refractivity contribution in [1.82, 2.24) is 9.88 Å². The van der Waals surface area contributed by atoms with E-state index >= 15 is 0 Å². The highest BCUT2D eigenvalue weighted by molar-refractivity contribution is 7.89. The highest BCUT2D eigenvalue weighted by Crippen LogP contribution is 2.30. The van der Waals surface area contributed by atoms with Gasteiger partial charge < -0.3 is 15.2 Å². The monoisotopic (exact) mass is 406 g/mol. The number of rotatable bonds is 7. The van der Waals surface area contributed by atoms with Crippen LogP contribution in [0.15, 0.2) is 33.7 Å². The molecule has 1 aliphatic rings. The van der Waals surface area contributed by atoms with Crippen molar-refractivity contribution in [3.8, 4) is 0 Å². The van der Waals surface area contributed by atoms with Gasteiger partial charge in [0.05, 0.1) is 6.04 Å². The molecule has 1 atom stereocenters. The second kappa shape index (κ2) is 7.72. The van der Waals surface area contributed by atoms with Gasteiger partial charge in [-0.1, -0.05) is 11.2 Å². The number of nitrogens with zero attached hydrogens (tertiary/aromatic N) is 1. The maximum atomic E-state index is 12.5. The van der Waals surface area contributed by atoms with E-state index in [9.17, 15) is 18.0 Å². The second-order valence-corrected chi connectivity index (χ2v) is 8.48. The molecule has 2 aromatic rings. The molecule has 1 saturated carbocycles. The quantitative estimate of drug-likeness (QED) is 0.644. The molecule has 0 bridgehead atoms. The molecular weight excluding hydrogens is 384 g/mol. The number of nitrogens with one attached hydrogen (secondary N) is 3. The van der Waals surface area contributed by atoms with Gasteiger partial charge in [0.25, 0.3) is 0 Å². The maximum absolute atomic E-state index is 12.5. The Kier molecular flexibility index (Phi) is 5.52. The van der Waals surface area contributed by atoms with Crippen molar-refractivity contribution >= 4 is 33.2 Å². The lowest BCUT2D eigenvalue weighted by molar-refractivity contribution is -0.118. The van der Waals surface area contributed by atoms with E-state index in [4.69, 9.17) is 4.52 Å². The molecule has 9 nitrogen and oxygen atoms in total. The summed E-state index contributed by atoms with van der Waals surface area (Å²) < 4.78 is 32.2. The number of anilines is 2. The highest BCUT2D eigenvalue weighted by Gasteiger charge is 2.30. The number of hydrogen-bond donors (Lipinski definition) is 3. The summed E-state index contributed by atoms with van der Waals surface area (Å²) in [4.78, 5) is 24.2. The normalized spacial score (nSPS) is 15.1. The lowest BCUT2D eigenvalue weighted by Gasteiger charge is -2.15. The molecule has 0 saturated heterocycles. The Morgan fingerprint density at radius 2 is 1.82 bits per heavy atom. The van der Waals surface area contributed by atoms with Crippen LogP contribution in [0.4, 0.5) is 11.4 Å². The van der Waals surface area contributed by atoms with E-state index < -0.39 is 22.0 Å². The summed E-state index contributed by atoms with van der Waals surface area (Å²) in [7, 11) is -3.97. The fourth-order valence-corrected chi connectivity index (χ4v) is 4.25. The fraction of sp³-hybridized carbons (Fsp3) is 0.389. The number of aryl methyl sites for hydroxylation is 2. The average molecular weight is 406 g/mol. The summed E-state index contributed by atoms with van der Waals surface area (Å²) in [5.41, 5.74) is 1.23. The smallest absolute Gasteiger partial charge is 0.246 e. The molecule has 1 fully saturated rings. The van der Waals surface area contributed by atoms with E-state index in [1.807, 2.05) is 0 Å². The van der Waals surface area contributed by atoms with Crippen LogP contribution in [0.3, 0.4) is 0 Å². The predicted molar refractivity (Wildman–Crippen MR) is 102 cm³/mol. The van der Waals surface area contributed by atoms with E-state index in [-0.39, 0.29) is 28.2 Å². The largest absolute Gasteiger partial charge is 0.360 e. The number of carbonyl (C=O) groups is 2. The van der Waals surface area contributed by atoms with E-state index in [2.05, 4.69) is 20.5 Å². The zero-order valence-corrected chi connectivity index (χ0v) is 16.6. The third-order valence-electron chi connectivity index (χ3n) is 4.31. The fourth-order valence-electron chi connectivity index (χ4n) is 2.72. The molecule has 3 rings (SSSR count). The van der Waals surface area contributed by atoms with Gasteiger partial charge in [0.2, 0.25) is 21.8 Å². The Hall–Kier alpha value is -2.72. The van der Waals surface area contributed by atoms with Gasteiger partial charge in [0, 0.05) is 17.3 Å². The van der Waals surface area contributed by atoms with Crippen LogP contribution in [0.1, 0.15) is 31.2 Å². The molecule has 28 heavy (non-hydrogen) atoms. The van der Waals surface area contributed by atoms with Crippen LogP contribution in [0.25, 0.3) is 0 Å². The Morgan fingerprint density at radius 1 is 1.18 bits per heavy atom. The van der Waals surface area contributed by atoms with Gasteiger partial charge in [-0.15, -0.1) is 0 Å². The van der Waals surface area contributed by atoms with Crippen LogP contribution in [0.2, 0.25) is 0 Å². The standard InChI is InChI=1S/C18H22N4O5S/c1-10-16(12(3)27-21-10)28(25,26)22-11(2)17(23)19-14-5-4-6-15(9-14)20-18(24)13-7-8-13/h4-6,9,11,13,22H,7-8H2,1-3H3,(H,19,23)(H,20,24)/t11-/m0/s1. The summed E-state index contributed by atoms with van der Waals surface area (Å²) in [6.45, 7) is 4.43. The Bertz CT molecular complexity index is 991. The second-order valence-electron chi connectivity index (χ2n) is 6.83. The van der Waals surface area contributed by atoms with Gasteiger partial charge in [0.1, 0.15) is 10.6 Å². The molecular formula is C18H22N4O5S. The molecule has 150 valence electrons. The van der Waals surface area contributed by atoms with Gasteiger partial charge in [-0.3, -0.25) is 9.59 Å². The number of benzene rings is 1. The van der Waals surface area contributed by atoms with Crippen LogP contribution in [-0.2, 0) is 19.6 Å². The first-order chi connectivity index (χ1) is 13.2. The number of amides is 2. The Labute approximate surface area is 162 Å². The van der Waals surface area contributed by atoms with E-state index in [0.29, 0.717) is 11.4 Å². The molecule has 1 aromatic heterocycles. The van der Waals surface area contributed by atoms with Gasteiger partial charge >= 0.3 is 0 Å².